The van der Waals surface area contributed by atoms with Crippen molar-refractivity contribution in [2.45, 2.75) is 41.7 Å². The molecule has 4 aromatic rings. The summed E-state index contributed by atoms with van der Waals surface area (Å²) < 4.78 is 29.8. The lowest BCUT2D eigenvalue weighted by Crippen LogP contribution is -2.61. The number of hydrogen-bond acceptors (Lipinski definition) is 10. The third-order valence-electron chi connectivity index (χ3n) is 6.80. The standard InChI is InChI=1S/C35H30O9S/c1-23(36)40-22-28-29(42-32(37)24-14-6-2-7-15-24)30(43-33(38)25-16-8-3-9-17-25)31(44-34(39)26-18-10-4-11-19-26)35(41-28)45-27-20-12-5-13-21-27/h2-21,28-31,35H,22H2,1H3/t28?,29-,30?,31?,35-/m0/s1. The number of carbonyl (C=O) groups excluding carboxylic acids is 4. The molecule has 5 rings (SSSR count). The molecule has 0 amide bonds. The number of benzene rings is 4. The highest BCUT2D eigenvalue weighted by Gasteiger charge is 2.53. The van der Waals surface area contributed by atoms with Crippen molar-refractivity contribution in [3.63, 3.8) is 0 Å². The first-order valence-electron chi connectivity index (χ1n) is 14.2. The second-order valence-electron chi connectivity index (χ2n) is 9.98. The van der Waals surface area contributed by atoms with Gasteiger partial charge >= 0.3 is 23.9 Å². The third kappa shape index (κ3) is 8.37. The van der Waals surface area contributed by atoms with E-state index in [0.717, 1.165) is 4.90 Å². The van der Waals surface area contributed by atoms with Crippen molar-refractivity contribution in [2.24, 2.45) is 0 Å². The molecule has 1 fully saturated rings. The van der Waals surface area contributed by atoms with Gasteiger partial charge in [0.2, 0.25) is 0 Å². The summed E-state index contributed by atoms with van der Waals surface area (Å²) in [6.07, 6.45) is -5.07. The molecule has 9 nitrogen and oxygen atoms in total. The van der Waals surface area contributed by atoms with Crippen LogP contribution in [0, 0.1) is 0 Å². The van der Waals surface area contributed by atoms with Gasteiger partial charge in [-0.05, 0) is 48.5 Å². The van der Waals surface area contributed by atoms with Crippen LogP contribution in [-0.4, -0.2) is 60.3 Å². The van der Waals surface area contributed by atoms with Gasteiger partial charge in [0, 0.05) is 11.8 Å². The summed E-state index contributed by atoms with van der Waals surface area (Å²) in [5, 5.41) is 0. The van der Waals surface area contributed by atoms with E-state index in [2.05, 4.69) is 0 Å². The molecule has 0 aromatic heterocycles. The summed E-state index contributed by atoms with van der Waals surface area (Å²) in [4.78, 5) is 53.0. The number of esters is 4. The average Bonchev–Trinajstić information content (AvgIpc) is 3.07. The van der Waals surface area contributed by atoms with Gasteiger partial charge < -0.3 is 23.7 Å². The molecule has 10 heteroatoms. The van der Waals surface area contributed by atoms with Gasteiger partial charge in [-0.2, -0.15) is 0 Å². The maximum Gasteiger partial charge on any atom is 0.338 e. The fourth-order valence-electron chi connectivity index (χ4n) is 4.64. The Morgan fingerprint density at radius 3 is 1.42 bits per heavy atom. The summed E-state index contributed by atoms with van der Waals surface area (Å²) in [7, 11) is 0. The van der Waals surface area contributed by atoms with Gasteiger partial charge in [-0.25, -0.2) is 14.4 Å². The Balaban J connectivity index is 1.57. The van der Waals surface area contributed by atoms with E-state index in [4.69, 9.17) is 23.7 Å². The molecule has 0 N–H and O–H groups in total. The number of hydrogen-bond donors (Lipinski definition) is 0. The second kappa shape index (κ2) is 15.2. The highest BCUT2D eigenvalue weighted by atomic mass is 32.2. The molecule has 0 saturated carbocycles. The minimum atomic E-state index is -1.37. The summed E-state index contributed by atoms with van der Waals surface area (Å²) in [6, 6.07) is 34.0. The van der Waals surface area contributed by atoms with Crippen LogP contribution in [0.5, 0.6) is 0 Å². The van der Waals surface area contributed by atoms with Crippen LogP contribution in [0.4, 0.5) is 0 Å². The van der Waals surface area contributed by atoms with Crippen LogP contribution < -0.4 is 0 Å². The Labute approximate surface area is 264 Å². The molecule has 0 aliphatic carbocycles. The average molecular weight is 627 g/mol. The van der Waals surface area contributed by atoms with Crippen molar-refractivity contribution < 1.29 is 42.9 Å². The lowest BCUT2D eigenvalue weighted by atomic mass is 9.98. The molecule has 0 radical (unpaired) electrons. The number of ether oxygens (including phenoxy) is 5. The molecule has 3 unspecified atom stereocenters. The monoisotopic (exact) mass is 626 g/mol. The Bertz CT molecular complexity index is 1580. The molecule has 1 saturated heterocycles. The van der Waals surface area contributed by atoms with Crippen LogP contribution in [0.2, 0.25) is 0 Å². The minimum Gasteiger partial charge on any atom is -0.463 e. The van der Waals surface area contributed by atoms with Gasteiger partial charge in [0.05, 0.1) is 16.7 Å². The van der Waals surface area contributed by atoms with Crippen LogP contribution in [0.3, 0.4) is 0 Å². The summed E-state index contributed by atoms with van der Waals surface area (Å²) in [5.41, 5.74) is -0.251. The highest BCUT2D eigenvalue weighted by molar-refractivity contribution is 7.99. The van der Waals surface area contributed by atoms with E-state index in [1.807, 2.05) is 30.3 Å². The molecule has 1 heterocycles. The Kier molecular flexibility index (Phi) is 10.6. The zero-order chi connectivity index (χ0) is 31.6. The zero-order valence-electron chi connectivity index (χ0n) is 24.2. The van der Waals surface area contributed by atoms with E-state index in [9.17, 15) is 19.2 Å². The molecule has 1 aliphatic rings. The van der Waals surface area contributed by atoms with Crippen LogP contribution in [0.1, 0.15) is 38.0 Å². The largest absolute Gasteiger partial charge is 0.463 e. The van der Waals surface area contributed by atoms with Crippen molar-refractivity contribution in [1.82, 2.24) is 0 Å². The van der Waals surface area contributed by atoms with Crippen LogP contribution in [0.15, 0.2) is 126 Å². The van der Waals surface area contributed by atoms with Gasteiger partial charge in [0.15, 0.2) is 18.3 Å². The summed E-state index contributed by atoms with van der Waals surface area (Å²) >= 11 is 1.22. The first kappa shape index (κ1) is 31.5. The lowest BCUT2D eigenvalue weighted by Gasteiger charge is -2.44. The number of carbonyl (C=O) groups is 4. The number of rotatable bonds is 10. The molecule has 45 heavy (non-hydrogen) atoms. The van der Waals surface area contributed by atoms with E-state index in [-0.39, 0.29) is 23.3 Å². The third-order valence-corrected chi connectivity index (χ3v) is 7.95. The molecule has 4 aromatic carbocycles. The van der Waals surface area contributed by atoms with Gasteiger partial charge in [-0.3, -0.25) is 4.79 Å². The van der Waals surface area contributed by atoms with Crippen LogP contribution >= 0.6 is 11.8 Å². The normalized spacial score (nSPS) is 20.8. The predicted octanol–water partition coefficient (Wildman–Crippen LogP) is 5.74. The van der Waals surface area contributed by atoms with Gasteiger partial charge in [-0.15, -0.1) is 0 Å². The topological polar surface area (TPSA) is 114 Å². The fraction of sp³-hybridized carbons (Fsp3) is 0.200. The van der Waals surface area contributed by atoms with Gasteiger partial charge in [0.25, 0.3) is 0 Å². The molecule has 0 bridgehead atoms. The van der Waals surface area contributed by atoms with E-state index >= 15 is 0 Å². The van der Waals surface area contributed by atoms with Crippen molar-refractivity contribution in [1.29, 1.82) is 0 Å². The van der Waals surface area contributed by atoms with Crippen molar-refractivity contribution in [2.75, 3.05) is 6.61 Å². The maximum absolute atomic E-state index is 13.5. The Morgan fingerprint density at radius 1 is 0.578 bits per heavy atom. The minimum absolute atomic E-state index is 0.231. The van der Waals surface area contributed by atoms with Crippen molar-refractivity contribution in [3.8, 4) is 0 Å². The summed E-state index contributed by atoms with van der Waals surface area (Å²) in [6.45, 7) is 0.911. The van der Waals surface area contributed by atoms with Crippen molar-refractivity contribution >= 4 is 35.6 Å². The maximum atomic E-state index is 13.5. The second-order valence-corrected chi connectivity index (χ2v) is 11.2. The fourth-order valence-corrected chi connectivity index (χ4v) is 5.76. The molecule has 5 atom stereocenters. The molecular weight excluding hydrogens is 596 g/mol. The SMILES string of the molecule is CC(=O)OCC1O[C@@H](Sc2ccccc2)C(OC(=O)c2ccccc2)C(OC(=O)c2ccccc2)[C@H]1OC(=O)c1ccccc1. The highest BCUT2D eigenvalue weighted by Crippen LogP contribution is 2.38. The van der Waals surface area contributed by atoms with E-state index < -0.39 is 53.7 Å². The van der Waals surface area contributed by atoms with E-state index in [0.29, 0.717) is 0 Å². The lowest BCUT2D eigenvalue weighted by molar-refractivity contribution is -0.211. The first-order valence-corrected chi connectivity index (χ1v) is 15.1. The first-order chi connectivity index (χ1) is 21.9. The van der Waals surface area contributed by atoms with Crippen molar-refractivity contribution in [3.05, 3.63) is 138 Å². The van der Waals surface area contributed by atoms with Crippen LogP contribution in [-0.2, 0) is 28.5 Å². The van der Waals surface area contributed by atoms with E-state index in [1.54, 1.807) is 91.0 Å². The zero-order valence-corrected chi connectivity index (χ0v) is 25.0. The molecular formula is C35H30O9S. The van der Waals surface area contributed by atoms with Crippen LogP contribution in [0.25, 0.3) is 0 Å². The number of thioether (sulfide) groups is 1. The quantitative estimate of drug-likeness (QED) is 0.159. The Morgan fingerprint density at radius 2 is 0.978 bits per heavy atom. The van der Waals surface area contributed by atoms with Gasteiger partial charge in [0.1, 0.15) is 18.1 Å². The molecule has 0 spiro atoms. The van der Waals surface area contributed by atoms with Gasteiger partial charge in [-0.1, -0.05) is 84.6 Å². The van der Waals surface area contributed by atoms with E-state index in [1.165, 1.54) is 18.7 Å². The molecule has 230 valence electrons. The Hall–Kier alpha value is -4.93. The smallest absolute Gasteiger partial charge is 0.338 e. The summed E-state index contributed by atoms with van der Waals surface area (Å²) in [5.74, 6) is -2.76. The predicted molar refractivity (Wildman–Crippen MR) is 165 cm³/mol. The molecule has 1 aliphatic heterocycles.